The molecule has 0 aliphatic carbocycles. The van der Waals surface area contributed by atoms with Crippen molar-refractivity contribution in [3.8, 4) is 5.75 Å². The van der Waals surface area contributed by atoms with E-state index in [4.69, 9.17) is 4.74 Å². The smallest absolute Gasteiger partial charge is 0.254 e. The monoisotopic (exact) mass is 305 g/mol. The van der Waals surface area contributed by atoms with Crippen LogP contribution in [0, 0.1) is 11.6 Å². The topological polar surface area (TPSA) is 38.3 Å². The van der Waals surface area contributed by atoms with Crippen LogP contribution in [-0.4, -0.2) is 13.0 Å². The Labute approximate surface area is 127 Å². The molecule has 1 N–H and O–H groups in total. The van der Waals surface area contributed by atoms with Gasteiger partial charge >= 0.3 is 0 Å². The number of hydrogen-bond donors (Lipinski definition) is 1. The Morgan fingerprint density at radius 3 is 2.41 bits per heavy atom. The number of carbonyl (C=O) groups excluding carboxylic acids is 1. The van der Waals surface area contributed by atoms with E-state index in [1.165, 1.54) is 0 Å². The molecule has 0 saturated carbocycles. The van der Waals surface area contributed by atoms with E-state index >= 15 is 0 Å². The minimum absolute atomic E-state index is 0.173. The Morgan fingerprint density at radius 2 is 1.86 bits per heavy atom. The van der Waals surface area contributed by atoms with Gasteiger partial charge in [-0.2, -0.15) is 0 Å². The standard InChI is InChI=1S/C17H17F2NO2/c1-3-16(11-4-7-13(22-2)8-5-11)20-17(21)14-9-6-12(18)10-15(14)19/h4-10,16H,3H2,1-2H3,(H,20,21). The molecule has 1 atom stereocenters. The van der Waals surface area contributed by atoms with E-state index < -0.39 is 17.5 Å². The summed E-state index contributed by atoms with van der Waals surface area (Å²) in [4.78, 5) is 12.1. The number of nitrogens with one attached hydrogen (secondary N) is 1. The zero-order chi connectivity index (χ0) is 16.1. The lowest BCUT2D eigenvalue weighted by Crippen LogP contribution is -2.28. The van der Waals surface area contributed by atoms with E-state index in [1.807, 2.05) is 19.1 Å². The zero-order valence-electron chi connectivity index (χ0n) is 12.4. The molecule has 116 valence electrons. The van der Waals surface area contributed by atoms with E-state index in [-0.39, 0.29) is 11.6 Å². The molecule has 0 aromatic heterocycles. The van der Waals surface area contributed by atoms with E-state index in [0.29, 0.717) is 12.5 Å². The van der Waals surface area contributed by atoms with Crippen molar-refractivity contribution in [2.24, 2.45) is 0 Å². The maximum atomic E-state index is 13.6. The molecular formula is C17H17F2NO2. The average Bonchev–Trinajstić information content (AvgIpc) is 2.52. The number of amides is 1. The molecular weight excluding hydrogens is 288 g/mol. The fourth-order valence-electron chi connectivity index (χ4n) is 2.17. The number of methoxy groups -OCH3 is 1. The summed E-state index contributed by atoms with van der Waals surface area (Å²) in [6.07, 6.45) is 0.640. The van der Waals surface area contributed by atoms with Crippen molar-refractivity contribution in [2.75, 3.05) is 7.11 Å². The number of benzene rings is 2. The van der Waals surface area contributed by atoms with Crippen molar-refractivity contribution < 1.29 is 18.3 Å². The summed E-state index contributed by atoms with van der Waals surface area (Å²) in [5.74, 6) is -1.44. The van der Waals surface area contributed by atoms with Crippen LogP contribution in [0.2, 0.25) is 0 Å². The molecule has 1 unspecified atom stereocenters. The van der Waals surface area contributed by atoms with Gasteiger partial charge < -0.3 is 10.1 Å². The molecule has 0 radical (unpaired) electrons. The molecule has 2 aromatic rings. The van der Waals surface area contributed by atoms with Gasteiger partial charge in [-0.05, 0) is 36.2 Å². The van der Waals surface area contributed by atoms with Crippen LogP contribution in [0.4, 0.5) is 8.78 Å². The largest absolute Gasteiger partial charge is 0.497 e. The van der Waals surface area contributed by atoms with Gasteiger partial charge in [0, 0.05) is 6.07 Å². The first-order valence-corrected chi connectivity index (χ1v) is 6.95. The molecule has 0 saturated heterocycles. The van der Waals surface area contributed by atoms with Crippen LogP contribution in [0.5, 0.6) is 5.75 Å². The summed E-state index contributed by atoms with van der Waals surface area (Å²) < 4.78 is 31.6. The van der Waals surface area contributed by atoms with Crippen molar-refractivity contribution in [1.82, 2.24) is 5.32 Å². The van der Waals surface area contributed by atoms with E-state index in [2.05, 4.69) is 5.32 Å². The zero-order valence-corrected chi connectivity index (χ0v) is 12.4. The molecule has 0 aliphatic rings. The van der Waals surface area contributed by atoms with Crippen LogP contribution in [0.1, 0.15) is 35.3 Å². The summed E-state index contributed by atoms with van der Waals surface area (Å²) in [6.45, 7) is 1.91. The van der Waals surface area contributed by atoms with E-state index in [9.17, 15) is 13.6 Å². The van der Waals surface area contributed by atoms with Crippen LogP contribution in [0.3, 0.4) is 0 Å². The normalized spacial score (nSPS) is 11.8. The Kier molecular flexibility index (Phi) is 5.09. The second kappa shape index (κ2) is 7.02. The van der Waals surface area contributed by atoms with E-state index in [0.717, 1.165) is 23.4 Å². The van der Waals surface area contributed by atoms with Gasteiger partial charge in [0.2, 0.25) is 0 Å². The summed E-state index contributed by atoms with van der Waals surface area (Å²) in [7, 11) is 1.57. The Hall–Kier alpha value is -2.43. The van der Waals surface area contributed by atoms with Crippen molar-refractivity contribution in [3.63, 3.8) is 0 Å². The number of rotatable bonds is 5. The Balaban J connectivity index is 2.16. The lowest BCUT2D eigenvalue weighted by molar-refractivity contribution is 0.0931. The highest BCUT2D eigenvalue weighted by atomic mass is 19.1. The average molecular weight is 305 g/mol. The van der Waals surface area contributed by atoms with Gasteiger partial charge in [0.1, 0.15) is 17.4 Å². The van der Waals surface area contributed by atoms with Gasteiger partial charge in [0.25, 0.3) is 5.91 Å². The minimum Gasteiger partial charge on any atom is -0.497 e. The highest BCUT2D eigenvalue weighted by molar-refractivity contribution is 5.94. The number of halogens is 2. The first kappa shape index (κ1) is 15.9. The van der Waals surface area contributed by atoms with Crippen molar-refractivity contribution in [3.05, 3.63) is 65.2 Å². The molecule has 0 spiro atoms. The first-order chi connectivity index (χ1) is 10.5. The second-order valence-corrected chi connectivity index (χ2v) is 4.83. The molecule has 1 amide bonds. The Morgan fingerprint density at radius 1 is 1.18 bits per heavy atom. The Bertz CT molecular complexity index is 656. The first-order valence-electron chi connectivity index (χ1n) is 6.95. The summed E-state index contributed by atoms with van der Waals surface area (Å²) in [5, 5.41) is 2.75. The number of ether oxygens (including phenoxy) is 1. The summed E-state index contributed by atoms with van der Waals surface area (Å²) >= 11 is 0. The predicted octanol–water partition coefficient (Wildman–Crippen LogP) is 3.85. The van der Waals surface area contributed by atoms with Gasteiger partial charge in [0.05, 0.1) is 18.7 Å². The molecule has 2 rings (SSSR count). The number of carbonyl (C=O) groups is 1. The third-order valence-electron chi connectivity index (χ3n) is 3.41. The van der Waals surface area contributed by atoms with Gasteiger partial charge in [-0.3, -0.25) is 4.79 Å². The van der Waals surface area contributed by atoms with Crippen LogP contribution < -0.4 is 10.1 Å². The summed E-state index contributed by atoms with van der Waals surface area (Å²) in [5.41, 5.74) is 0.715. The van der Waals surface area contributed by atoms with Crippen LogP contribution in [0.15, 0.2) is 42.5 Å². The molecule has 0 heterocycles. The number of hydrogen-bond acceptors (Lipinski definition) is 2. The van der Waals surface area contributed by atoms with Gasteiger partial charge in [0.15, 0.2) is 0 Å². The highest BCUT2D eigenvalue weighted by Gasteiger charge is 2.17. The molecule has 22 heavy (non-hydrogen) atoms. The van der Waals surface area contributed by atoms with Crippen LogP contribution in [-0.2, 0) is 0 Å². The van der Waals surface area contributed by atoms with E-state index in [1.54, 1.807) is 19.2 Å². The fourth-order valence-corrected chi connectivity index (χ4v) is 2.17. The van der Waals surface area contributed by atoms with Gasteiger partial charge in [-0.15, -0.1) is 0 Å². The molecule has 0 bridgehead atoms. The van der Waals surface area contributed by atoms with Crippen molar-refractivity contribution >= 4 is 5.91 Å². The third kappa shape index (κ3) is 3.61. The van der Waals surface area contributed by atoms with Gasteiger partial charge in [-0.25, -0.2) is 8.78 Å². The molecule has 5 heteroatoms. The lowest BCUT2D eigenvalue weighted by Gasteiger charge is -2.18. The molecule has 2 aromatic carbocycles. The van der Waals surface area contributed by atoms with Crippen molar-refractivity contribution in [1.29, 1.82) is 0 Å². The second-order valence-electron chi connectivity index (χ2n) is 4.83. The fraction of sp³-hybridized carbons (Fsp3) is 0.235. The minimum atomic E-state index is -0.873. The maximum absolute atomic E-state index is 13.6. The lowest BCUT2D eigenvalue weighted by atomic mass is 10.0. The maximum Gasteiger partial charge on any atom is 0.254 e. The summed E-state index contributed by atoms with van der Waals surface area (Å²) in [6, 6.07) is 9.91. The van der Waals surface area contributed by atoms with Gasteiger partial charge in [-0.1, -0.05) is 19.1 Å². The van der Waals surface area contributed by atoms with Crippen molar-refractivity contribution in [2.45, 2.75) is 19.4 Å². The SMILES string of the molecule is CCC(NC(=O)c1ccc(F)cc1F)c1ccc(OC)cc1. The third-order valence-corrected chi connectivity index (χ3v) is 3.41. The molecule has 0 aliphatic heterocycles. The molecule has 3 nitrogen and oxygen atoms in total. The van der Waals surface area contributed by atoms with Crippen LogP contribution in [0.25, 0.3) is 0 Å². The molecule has 0 fully saturated rings. The quantitative estimate of drug-likeness (QED) is 0.911. The predicted molar refractivity (Wildman–Crippen MR) is 79.9 cm³/mol. The van der Waals surface area contributed by atoms with Crippen LogP contribution >= 0.6 is 0 Å². The highest BCUT2D eigenvalue weighted by Crippen LogP contribution is 2.21.